The van der Waals surface area contributed by atoms with Crippen molar-refractivity contribution in [1.82, 2.24) is 5.32 Å². The van der Waals surface area contributed by atoms with Crippen LogP contribution in [0.2, 0.25) is 0 Å². The number of ether oxygens (including phenoxy) is 3. The van der Waals surface area contributed by atoms with Crippen molar-refractivity contribution in [3.8, 4) is 11.5 Å². The Hall–Kier alpha value is -3.26. The third-order valence-electron chi connectivity index (χ3n) is 5.12. The quantitative estimate of drug-likeness (QED) is 0.634. The number of hydrogen-bond acceptors (Lipinski definition) is 7. The van der Waals surface area contributed by atoms with Gasteiger partial charge < -0.3 is 14.2 Å². The summed E-state index contributed by atoms with van der Waals surface area (Å²) in [6.07, 6.45) is 4.31. The van der Waals surface area contributed by atoms with Crippen molar-refractivity contribution in [2.24, 2.45) is 0 Å². The number of thioether (sulfide) groups is 1. The Bertz CT molecular complexity index is 1080. The summed E-state index contributed by atoms with van der Waals surface area (Å²) in [6.45, 7) is 4.31. The average molecular weight is 454 g/mol. The molecule has 4 rings (SSSR count). The molecule has 1 N–H and O–H groups in total. The summed E-state index contributed by atoms with van der Waals surface area (Å²) in [6, 6.07) is 12.6. The summed E-state index contributed by atoms with van der Waals surface area (Å²) in [5, 5.41) is 1.61. The van der Waals surface area contributed by atoms with Crippen molar-refractivity contribution in [2.75, 3.05) is 13.2 Å². The fourth-order valence-corrected chi connectivity index (χ4v) is 4.29. The lowest BCUT2D eigenvalue weighted by molar-refractivity contribution is -0.118. The second kappa shape index (κ2) is 9.08. The summed E-state index contributed by atoms with van der Waals surface area (Å²) >= 11 is 1.02. The van der Waals surface area contributed by atoms with E-state index in [-0.39, 0.29) is 23.7 Å². The normalized spacial score (nSPS) is 21.5. The molecule has 0 saturated carbocycles. The van der Waals surface area contributed by atoms with Crippen molar-refractivity contribution >= 4 is 35.0 Å². The standard InChI is InChI=1S/C24H23NO6S/c1-3-29-22(27)17-6-9-19-16(13-17)10-11-24(2,31-19)14-30-18-7-4-15(5-8-18)12-20-21(26)25-23(28)32-20/h4-11,13,20H,3,12,14H2,1-2H3,(H,25,26,28). The Morgan fingerprint density at radius 3 is 2.66 bits per heavy atom. The maximum atomic E-state index is 11.9. The predicted octanol–water partition coefficient (Wildman–Crippen LogP) is 4.00. The zero-order chi connectivity index (χ0) is 22.7. The summed E-state index contributed by atoms with van der Waals surface area (Å²) in [4.78, 5) is 34.9. The first kappa shape index (κ1) is 22.0. The van der Waals surface area contributed by atoms with E-state index in [1.165, 1.54) is 0 Å². The van der Waals surface area contributed by atoms with E-state index in [1.54, 1.807) is 25.1 Å². The molecule has 2 unspecified atom stereocenters. The van der Waals surface area contributed by atoms with Crippen molar-refractivity contribution in [1.29, 1.82) is 0 Å². The van der Waals surface area contributed by atoms with Gasteiger partial charge in [0.05, 0.1) is 17.4 Å². The van der Waals surface area contributed by atoms with Gasteiger partial charge in [-0.2, -0.15) is 0 Å². The number of nitrogens with one attached hydrogen (secondary N) is 1. The van der Waals surface area contributed by atoms with Crippen LogP contribution in [-0.2, 0) is 16.0 Å². The van der Waals surface area contributed by atoms with E-state index >= 15 is 0 Å². The van der Waals surface area contributed by atoms with Crippen molar-refractivity contribution < 1.29 is 28.6 Å². The largest absolute Gasteiger partial charge is 0.489 e. The predicted molar refractivity (Wildman–Crippen MR) is 121 cm³/mol. The van der Waals surface area contributed by atoms with Gasteiger partial charge >= 0.3 is 5.97 Å². The molecule has 2 heterocycles. The molecule has 0 spiro atoms. The van der Waals surface area contributed by atoms with E-state index in [0.29, 0.717) is 30.1 Å². The van der Waals surface area contributed by atoms with Crippen molar-refractivity contribution in [3.05, 3.63) is 65.2 Å². The summed E-state index contributed by atoms with van der Waals surface area (Å²) in [5.41, 5.74) is 1.57. The maximum Gasteiger partial charge on any atom is 0.338 e. The van der Waals surface area contributed by atoms with E-state index < -0.39 is 10.9 Å². The highest BCUT2D eigenvalue weighted by atomic mass is 32.2. The van der Waals surface area contributed by atoms with Crippen LogP contribution in [0.4, 0.5) is 4.79 Å². The summed E-state index contributed by atoms with van der Waals surface area (Å²) in [7, 11) is 0. The minimum atomic E-state index is -0.671. The Morgan fingerprint density at radius 1 is 1.19 bits per heavy atom. The number of hydrogen-bond donors (Lipinski definition) is 1. The van der Waals surface area contributed by atoms with Crippen LogP contribution in [-0.4, -0.2) is 41.2 Å². The van der Waals surface area contributed by atoms with Gasteiger partial charge in [-0.1, -0.05) is 30.0 Å². The SMILES string of the molecule is CCOC(=O)c1ccc2c(c1)C=CC(C)(COc1ccc(CC3SC(=O)NC3=O)cc1)O2. The molecule has 7 nitrogen and oxygen atoms in total. The Kier molecular flexibility index (Phi) is 6.23. The number of fused-ring (bicyclic) bond motifs is 1. The number of imide groups is 1. The highest BCUT2D eigenvalue weighted by Crippen LogP contribution is 2.32. The van der Waals surface area contributed by atoms with E-state index in [2.05, 4.69) is 5.32 Å². The second-order valence-electron chi connectivity index (χ2n) is 7.74. The van der Waals surface area contributed by atoms with Gasteiger partial charge in [0.15, 0.2) is 5.60 Å². The van der Waals surface area contributed by atoms with Gasteiger partial charge in [0, 0.05) is 5.56 Å². The third-order valence-corrected chi connectivity index (χ3v) is 6.10. The Morgan fingerprint density at radius 2 is 1.97 bits per heavy atom. The molecule has 8 heteroatoms. The fraction of sp³-hybridized carbons (Fsp3) is 0.292. The summed E-state index contributed by atoms with van der Waals surface area (Å²) in [5.74, 6) is 0.741. The first-order valence-electron chi connectivity index (χ1n) is 10.3. The van der Waals surface area contributed by atoms with Gasteiger partial charge in [-0.3, -0.25) is 14.9 Å². The van der Waals surface area contributed by atoms with E-state index in [4.69, 9.17) is 14.2 Å². The number of carbonyl (C=O) groups is 3. The average Bonchev–Trinajstić information content (AvgIpc) is 3.09. The van der Waals surface area contributed by atoms with Crippen LogP contribution in [0.3, 0.4) is 0 Å². The van der Waals surface area contributed by atoms with Crippen LogP contribution in [0.1, 0.15) is 35.3 Å². The van der Waals surface area contributed by atoms with Crippen LogP contribution in [0.5, 0.6) is 11.5 Å². The molecule has 2 aromatic carbocycles. The van der Waals surface area contributed by atoms with Crippen molar-refractivity contribution in [2.45, 2.75) is 31.1 Å². The molecule has 0 aromatic heterocycles. The van der Waals surface area contributed by atoms with Crippen LogP contribution in [0.15, 0.2) is 48.5 Å². The Balaban J connectivity index is 1.35. The highest BCUT2D eigenvalue weighted by molar-refractivity contribution is 8.15. The molecule has 2 aliphatic rings. The van der Waals surface area contributed by atoms with Gasteiger partial charge in [0.25, 0.3) is 5.24 Å². The minimum Gasteiger partial charge on any atom is -0.489 e. The lowest BCUT2D eigenvalue weighted by Crippen LogP contribution is -2.38. The molecule has 2 atom stereocenters. The van der Waals surface area contributed by atoms with Crippen LogP contribution >= 0.6 is 11.8 Å². The van der Waals surface area contributed by atoms with Gasteiger partial charge in [0.2, 0.25) is 5.91 Å². The number of esters is 1. The molecule has 1 fully saturated rings. The van der Waals surface area contributed by atoms with Gasteiger partial charge in [-0.25, -0.2) is 4.79 Å². The number of rotatable bonds is 7. The fourth-order valence-electron chi connectivity index (χ4n) is 3.43. The lowest BCUT2D eigenvalue weighted by Gasteiger charge is -2.31. The molecule has 0 radical (unpaired) electrons. The summed E-state index contributed by atoms with van der Waals surface area (Å²) < 4.78 is 17.1. The van der Waals surface area contributed by atoms with E-state index in [9.17, 15) is 14.4 Å². The molecular weight excluding hydrogens is 430 g/mol. The molecule has 0 bridgehead atoms. The highest BCUT2D eigenvalue weighted by Gasteiger charge is 2.32. The molecule has 1 saturated heterocycles. The molecule has 166 valence electrons. The van der Waals surface area contributed by atoms with Gasteiger partial charge in [0.1, 0.15) is 18.1 Å². The maximum absolute atomic E-state index is 11.9. The molecule has 32 heavy (non-hydrogen) atoms. The monoisotopic (exact) mass is 453 g/mol. The van der Waals surface area contributed by atoms with Crippen LogP contribution < -0.4 is 14.8 Å². The topological polar surface area (TPSA) is 90.9 Å². The molecule has 0 aliphatic carbocycles. The molecule has 2 amide bonds. The molecule has 2 aliphatic heterocycles. The zero-order valence-electron chi connectivity index (χ0n) is 17.8. The van der Waals surface area contributed by atoms with Crippen molar-refractivity contribution in [3.63, 3.8) is 0 Å². The zero-order valence-corrected chi connectivity index (χ0v) is 18.6. The second-order valence-corrected chi connectivity index (χ2v) is 8.92. The smallest absolute Gasteiger partial charge is 0.338 e. The lowest BCUT2D eigenvalue weighted by atomic mass is 9.99. The van der Waals surface area contributed by atoms with Crippen LogP contribution in [0, 0.1) is 0 Å². The number of benzene rings is 2. The van der Waals surface area contributed by atoms with Gasteiger partial charge in [-0.15, -0.1) is 0 Å². The molecular formula is C24H23NO6S. The van der Waals surface area contributed by atoms with E-state index in [1.807, 2.05) is 43.3 Å². The Labute approximate surface area is 190 Å². The van der Waals surface area contributed by atoms with Crippen LogP contribution in [0.25, 0.3) is 6.08 Å². The molecule has 2 aromatic rings. The number of carbonyl (C=O) groups excluding carboxylic acids is 3. The third kappa shape index (κ3) is 4.96. The van der Waals surface area contributed by atoms with Gasteiger partial charge in [-0.05, 0) is 62.2 Å². The first-order chi connectivity index (χ1) is 15.3. The van der Waals surface area contributed by atoms with E-state index in [0.717, 1.165) is 22.9 Å². The minimum absolute atomic E-state index is 0.246. The number of amides is 2. The first-order valence-corrected chi connectivity index (χ1v) is 11.2.